The Labute approximate surface area is 86.5 Å². The molecule has 88 valence electrons. The van der Waals surface area contributed by atoms with Crippen LogP contribution in [0.3, 0.4) is 0 Å². The third-order valence-corrected chi connectivity index (χ3v) is 1.46. The first kappa shape index (κ1) is 14.0. The van der Waals surface area contributed by atoms with Crippen LogP contribution in [-0.4, -0.2) is 37.5 Å². The number of carbonyl (C=O) groups is 2. The van der Waals surface area contributed by atoms with E-state index in [2.05, 4.69) is 9.47 Å². The van der Waals surface area contributed by atoms with E-state index in [1.165, 1.54) is 6.92 Å². The minimum Gasteiger partial charge on any atom is -0.461 e. The SMILES string of the molecule is CCCOCC(=O)C(F)(F)C(=O)OCC. The van der Waals surface area contributed by atoms with Gasteiger partial charge in [0.25, 0.3) is 0 Å². The Hall–Kier alpha value is -1.04. The third kappa shape index (κ3) is 4.33. The highest BCUT2D eigenvalue weighted by molar-refractivity contribution is 6.05. The van der Waals surface area contributed by atoms with E-state index in [1.807, 2.05) is 0 Å². The van der Waals surface area contributed by atoms with E-state index in [4.69, 9.17) is 0 Å². The maximum atomic E-state index is 12.9. The molecule has 0 heterocycles. The maximum Gasteiger partial charge on any atom is 0.402 e. The van der Waals surface area contributed by atoms with E-state index < -0.39 is 24.3 Å². The number of alkyl halides is 2. The molecule has 0 aromatic carbocycles. The lowest BCUT2D eigenvalue weighted by Crippen LogP contribution is -2.41. The highest BCUT2D eigenvalue weighted by Gasteiger charge is 2.48. The zero-order valence-electron chi connectivity index (χ0n) is 8.72. The summed E-state index contributed by atoms with van der Waals surface area (Å²) < 4.78 is 34.5. The molecule has 4 nitrogen and oxygen atoms in total. The molecule has 0 fully saturated rings. The van der Waals surface area contributed by atoms with Gasteiger partial charge in [-0.3, -0.25) is 4.79 Å². The van der Waals surface area contributed by atoms with Crippen molar-refractivity contribution in [3.63, 3.8) is 0 Å². The molecular weight excluding hydrogens is 210 g/mol. The van der Waals surface area contributed by atoms with Gasteiger partial charge in [-0.05, 0) is 13.3 Å². The van der Waals surface area contributed by atoms with E-state index >= 15 is 0 Å². The lowest BCUT2D eigenvalue weighted by Gasteiger charge is -2.12. The molecule has 0 saturated carbocycles. The average Bonchev–Trinajstić information content (AvgIpc) is 2.18. The molecule has 0 amide bonds. The van der Waals surface area contributed by atoms with Crippen LogP contribution >= 0.6 is 0 Å². The summed E-state index contributed by atoms with van der Waals surface area (Å²) in [5, 5.41) is 0. The number of esters is 1. The summed E-state index contributed by atoms with van der Waals surface area (Å²) in [6, 6.07) is 0. The molecule has 0 unspecified atom stereocenters. The summed E-state index contributed by atoms with van der Waals surface area (Å²) in [5.41, 5.74) is 0. The van der Waals surface area contributed by atoms with Crippen LogP contribution in [0, 0.1) is 0 Å². The van der Waals surface area contributed by atoms with Crippen molar-refractivity contribution in [1.29, 1.82) is 0 Å². The first-order chi connectivity index (χ1) is 6.96. The molecule has 0 radical (unpaired) electrons. The van der Waals surface area contributed by atoms with Crippen LogP contribution in [-0.2, 0) is 19.1 Å². The van der Waals surface area contributed by atoms with Crippen molar-refractivity contribution in [2.24, 2.45) is 0 Å². The van der Waals surface area contributed by atoms with Crippen molar-refractivity contribution in [1.82, 2.24) is 0 Å². The predicted octanol–water partition coefficient (Wildman–Crippen LogP) is 1.18. The van der Waals surface area contributed by atoms with Crippen LogP contribution in [0.25, 0.3) is 0 Å². The molecule has 0 aromatic heterocycles. The Balaban J connectivity index is 4.19. The molecular formula is C9H14F2O4. The molecule has 0 rings (SSSR count). The quantitative estimate of drug-likeness (QED) is 0.370. The monoisotopic (exact) mass is 224 g/mol. The van der Waals surface area contributed by atoms with Gasteiger partial charge in [-0.2, -0.15) is 8.78 Å². The van der Waals surface area contributed by atoms with Gasteiger partial charge < -0.3 is 9.47 Å². The fourth-order valence-corrected chi connectivity index (χ4v) is 0.735. The first-order valence-corrected chi connectivity index (χ1v) is 4.62. The predicted molar refractivity (Wildman–Crippen MR) is 47.7 cm³/mol. The standard InChI is InChI=1S/C9H14F2O4/c1-3-5-14-6-7(12)9(10,11)8(13)15-4-2/h3-6H2,1-2H3. The Morgan fingerprint density at radius 2 is 1.87 bits per heavy atom. The number of hydrogen-bond donors (Lipinski definition) is 0. The summed E-state index contributed by atoms with van der Waals surface area (Å²) in [6.45, 7) is 2.38. The van der Waals surface area contributed by atoms with Crippen LogP contribution in [0.15, 0.2) is 0 Å². The largest absolute Gasteiger partial charge is 0.461 e. The molecule has 15 heavy (non-hydrogen) atoms. The van der Waals surface area contributed by atoms with Crippen LogP contribution in [0.2, 0.25) is 0 Å². The minimum atomic E-state index is -4.11. The lowest BCUT2D eigenvalue weighted by atomic mass is 10.2. The third-order valence-electron chi connectivity index (χ3n) is 1.46. The molecule has 0 aliphatic heterocycles. The molecule has 0 aromatic rings. The molecule has 0 bridgehead atoms. The average molecular weight is 224 g/mol. The number of ether oxygens (including phenoxy) is 2. The second-order valence-corrected chi connectivity index (χ2v) is 2.77. The van der Waals surface area contributed by atoms with Gasteiger partial charge in [0, 0.05) is 6.61 Å². The summed E-state index contributed by atoms with van der Waals surface area (Å²) in [7, 11) is 0. The summed E-state index contributed by atoms with van der Waals surface area (Å²) >= 11 is 0. The molecule has 6 heteroatoms. The van der Waals surface area contributed by atoms with Gasteiger partial charge in [-0.25, -0.2) is 4.79 Å². The van der Waals surface area contributed by atoms with Crippen molar-refractivity contribution in [2.45, 2.75) is 26.2 Å². The van der Waals surface area contributed by atoms with Crippen molar-refractivity contribution in [2.75, 3.05) is 19.8 Å². The van der Waals surface area contributed by atoms with Crippen LogP contribution < -0.4 is 0 Å². The highest BCUT2D eigenvalue weighted by Crippen LogP contribution is 2.17. The van der Waals surface area contributed by atoms with Crippen molar-refractivity contribution < 1.29 is 27.8 Å². The number of carbonyl (C=O) groups excluding carboxylic acids is 2. The molecule has 0 atom stereocenters. The molecule has 0 saturated heterocycles. The smallest absolute Gasteiger partial charge is 0.402 e. The van der Waals surface area contributed by atoms with Crippen LogP contribution in [0.5, 0.6) is 0 Å². The van der Waals surface area contributed by atoms with E-state index in [1.54, 1.807) is 6.92 Å². The zero-order valence-corrected chi connectivity index (χ0v) is 8.72. The fraction of sp³-hybridized carbons (Fsp3) is 0.778. The number of halogens is 2. The normalized spacial score (nSPS) is 11.2. The van der Waals surface area contributed by atoms with Gasteiger partial charge in [0.15, 0.2) is 0 Å². The van der Waals surface area contributed by atoms with E-state index in [0.717, 1.165) is 0 Å². The summed E-state index contributed by atoms with van der Waals surface area (Å²) in [6.07, 6.45) is 0.609. The van der Waals surface area contributed by atoms with Gasteiger partial charge >= 0.3 is 11.9 Å². The van der Waals surface area contributed by atoms with E-state index in [9.17, 15) is 18.4 Å². The Morgan fingerprint density at radius 3 is 2.33 bits per heavy atom. The minimum absolute atomic E-state index is 0.197. The molecule has 0 N–H and O–H groups in total. The van der Waals surface area contributed by atoms with E-state index in [0.29, 0.717) is 6.42 Å². The van der Waals surface area contributed by atoms with Crippen molar-refractivity contribution in [3.05, 3.63) is 0 Å². The van der Waals surface area contributed by atoms with Gasteiger partial charge in [0.1, 0.15) is 6.61 Å². The van der Waals surface area contributed by atoms with Crippen LogP contribution in [0.4, 0.5) is 8.78 Å². The summed E-state index contributed by atoms with van der Waals surface area (Å²) in [5.74, 6) is -7.51. The number of rotatable bonds is 7. The van der Waals surface area contributed by atoms with Crippen molar-refractivity contribution >= 4 is 11.8 Å². The Bertz CT molecular complexity index is 228. The second-order valence-electron chi connectivity index (χ2n) is 2.77. The Kier molecular flexibility index (Phi) is 6.00. The summed E-state index contributed by atoms with van der Waals surface area (Å²) in [4.78, 5) is 21.6. The first-order valence-electron chi connectivity index (χ1n) is 4.62. The molecule has 0 aliphatic rings. The van der Waals surface area contributed by atoms with Gasteiger partial charge in [-0.15, -0.1) is 0 Å². The van der Waals surface area contributed by atoms with E-state index in [-0.39, 0.29) is 13.2 Å². The number of Topliss-reactive ketones (excluding diaryl/α,β-unsaturated/α-hetero) is 1. The lowest BCUT2D eigenvalue weighted by molar-refractivity contribution is -0.178. The number of ketones is 1. The van der Waals surface area contributed by atoms with Gasteiger partial charge in [0.2, 0.25) is 5.78 Å². The highest BCUT2D eigenvalue weighted by atomic mass is 19.3. The van der Waals surface area contributed by atoms with Crippen LogP contribution in [0.1, 0.15) is 20.3 Å². The number of hydrogen-bond acceptors (Lipinski definition) is 4. The topological polar surface area (TPSA) is 52.6 Å². The molecule has 0 spiro atoms. The van der Waals surface area contributed by atoms with Gasteiger partial charge in [-0.1, -0.05) is 6.92 Å². The zero-order chi connectivity index (χ0) is 11.9. The maximum absolute atomic E-state index is 12.9. The Morgan fingerprint density at radius 1 is 1.27 bits per heavy atom. The van der Waals surface area contributed by atoms with Crippen molar-refractivity contribution in [3.8, 4) is 0 Å². The van der Waals surface area contributed by atoms with Gasteiger partial charge in [0.05, 0.1) is 6.61 Å². The molecule has 0 aliphatic carbocycles. The second kappa shape index (κ2) is 6.44. The fourth-order valence-electron chi connectivity index (χ4n) is 0.735.